The van der Waals surface area contributed by atoms with Crippen LogP contribution in [0.1, 0.15) is 11.5 Å². The van der Waals surface area contributed by atoms with Gasteiger partial charge in [-0.05, 0) is 18.0 Å². The van der Waals surface area contributed by atoms with Crippen molar-refractivity contribution in [1.82, 2.24) is 4.90 Å². The number of nitrogens with two attached hydrogens (primary N) is 1. The molecule has 5 heteroatoms. The molecular weight excluding hydrogens is 288 g/mol. The molecule has 1 saturated heterocycles. The molecule has 4 nitrogen and oxygen atoms in total. The molecule has 1 amide bonds. The number of hydrogen-bond donors (Lipinski definition) is 1. The van der Waals surface area contributed by atoms with Crippen molar-refractivity contribution in [2.45, 2.75) is 5.92 Å². The molecule has 0 radical (unpaired) electrons. The summed E-state index contributed by atoms with van der Waals surface area (Å²) in [6.45, 7) is 6.12. The lowest BCUT2D eigenvalue weighted by atomic mass is 9.89. The zero-order valence-electron chi connectivity index (χ0n) is 12.1. The molecule has 0 aromatic heterocycles. The summed E-state index contributed by atoms with van der Waals surface area (Å²) in [6, 6.07) is 10.3. The second-order valence-corrected chi connectivity index (χ2v) is 5.12. The summed E-state index contributed by atoms with van der Waals surface area (Å²) in [7, 11) is 0. The Hall–Kier alpha value is -1.36. The van der Waals surface area contributed by atoms with Crippen molar-refractivity contribution in [3.63, 3.8) is 0 Å². The van der Waals surface area contributed by atoms with Crippen molar-refractivity contribution in [2.24, 2.45) is 11.7 Å². The SMILES string of the molecule is C=CCOCC(=O)N1C[C@@H](CN)[C@H](c2ccccc2)C1.Cl. The van der Waals surface area contributed by atoms with Crippen molar-refractivity contribution in [2.75, 3.05) is 32.8 Å². The number of nitrogens with zero attached hydrogens (tertiary/aromatic N) is 1. The molecule has 1 aliphatic rings. The van der Waals surface area contributed by atoms with Gasteiger partial charge in [0.05, 0.1) is 6.61 Å². The van der Waals surface area contributed by atoms with Crippen molar-refractivity contribution in [3.8, 4) is 0 Å². The highest BCUT2D eigenvalue weighted by atomic mass is 35.5. The highest BCUT2D eigenvalue weighted by Gasteiger charge is 2.34. The molecule has 1 fully saturated rings. The van der Waals surface area contributed by atoms with Crippen LogP contribution in [0.5, 0.6) is 0 Å². The highest BCUT2D eigenvalue weighted by Crippen LogP contribution is 2.31. The van der Waals surface area contributed by atoms with Gasteiger partial charge < -0.3 is 15.4 Å². The Morgan fingerprint density at radius 1 is 1.38 bits per heavy atom. The van der Waals surface area contributed by atoms with Gasteiger partial charge in [0.25, 0.3) is 0 Å². The fourth-order valence-corrected chi connectivity index (χ4v) is 2.71. The molecule has 0 saturated carbocycles. The van der Waals surface area contributed by atoms with Gasteiger partial charge in [0.2, 0.25) is 5.91 Å². The second-order valence-electron chi connectivity index (χ2n) is 5.12. The summed E-state index contributed by atoms with van der Waals surface area (Å²) in [5, 5.41) is 0. The monoisotopic (exact) mass is 310 g/mol. The molecule has 2 N–H and O–H groups in total. The zero-order valence-corrected chi connectivity index (χ0v) is 12.9. The normalized spacial score (nSPS) is 20.9. The lowest BCUT2D eigenvalue weighted by Crippen LogP contribution is -2.32. The molecule has 0 bridgehead atoms. The van der Waals surface area contributed by atoms with Gasteiger partial charge in [0.15, 0.2) is 0 Å². The van der Waals surface area contributed by atoms with Crippen LogP contribution in [0.3, 0.4) is 0 Å². The molecule has 0 unspecified atom stereocenters. The number of halogens is 1. The van der Waals surface area contributed by atoms with Gasteiger partial charge in [0, 0.05) is 19.0 Å². The van der Waals surface area contributed by atoms with Crippen LogP contribution >= 0.6 is 12.4 Å². The van der Waals surface area contributed by atoms with Gasteiger partial charge >= 0.3 is 0 Å². The van der Waals surface area contributed by atoms with Crippen molar-refractivity contribution < 1.29 is 9.53 Å². The van der Waals surface area contributed by atoms with E-state index >= 15 is 0 Å². The number of carbonyl (C=O) groups is 1. The van der Waals surface area contributed by atoms with Crippen molar-refractivity contribution >= 4 is 18.3 Å². The molecular formula is C16H23ClN2O2. The molecule has 116 valence electrons. The zero-order chi connectivity index (χ0) is 14.4. The van der Waals surface area contributed by atoms with E-state index in [4.69, 9.17) is 10.5 Å². The number of ether oxygens (including phenoxy) is 1. The van der Waals surface area contributed by atoms with Crippen LogP contribution in [0.15, 0.2) is 43.0 Å². The first kappa shape index (κ1) is 17.7. The van der Waals surface area contributed by atoms with E-state index in [1.54, 1.807) is 6.08 Å². The van der Waals surface area contributed by atoms with Crippen LogP contribution in [-0.4, -0.2) is 43.7 Å². The first-order chi connectivity index (χ1) is 9.76. The number of rotatable bonds is 6. The molecule has 0 aliphatic carbocycles. The molecule has 1 aliphatic heterocycles. The molecule has 2 rings (SSSR count). The van der Waals surface area contributed by atoms with Crippen LogP contribution in [-0.2, 0) is 9.53 Å². The topological polar surface area (TPSA) is 55.6 Å². The first-order valence-electron chi connectivity index (χ1n) is 6.97. The fourth-order valence-electron chi connectivity index (χ4n) is 2.71. The Labute approximate surface area is 132 Å². The molecule has 1 aromatic rings. The van der Waals surface area contributed by atoms with Crippen LogP contribution in [0, 0.1) is 5.92 Å². The van der Waals surface area contributed by atoms with Crippen LogP contribution in [0.25, 0.3) is 0 Å². The molecule has 1 aromatic carbocycles. The minimum Gasteiger partial charge on any atom is -0.368 e. The summed E-state index contributed by atoms with van der Waals surface area (Å²) in [5.74, 6) is 0.675. The first-order valence-corrected chi connectivity index (χ1v) is 6.97. The van der Waals surface area contributed by atoms with Gasteiger partial charge in [0.1, 0.15) is 6.61 Å². The minimum atomic E-state index is 0. The molecule has 21 heavy (non-hydrogen) atoms. The van der Waals surface area contributed by atoms with E-state index < -0.39 is 0 Å². The van der Waals surface area contributed by atoms with Gasteiger partial charge in [-0.3, -0.25) is 4.79 Å². The average Bonchev–Trinajstić information content (AvgIpc) is 2.92. The maximum absolute atomic E-state index is 12.1. The number of benzene rings is 1. The van der Waals surface area contributed by atoms with E-state index in [-0.39, 0.29) is 24.9 Å². The Balaban J connectivity index is 0.00000220. The van der Waals surface area contributed by atoms with Crippen molar-refractivity contribution in [1.29, 1.82) is 0 Å². The maximum Gasteiger partial charge on any atom is 0.248 e. The summed E-state index contributed by atoms with van der Waals surface area (Å²) in [4.78, 5) is 13.9. The van der Waals surface area contributed by atoms with E-state index in [9.17, 15) is 4.79 Å². The number of amides is 1. The lowest BCUT2D eigenvalue weighted by Gasteiger charge is -2.16. The minimum absolute atomic E-state index is 0. The predicted octanol–water partition coefficient (Wildman–Crippen LogP) is 1.81. The van der Waals surface area contributed by atoms with Crippen LogP contribution in [0.2, 0.25) is 0 Å². The summed E-state index contributed by atoms with van der Waals surface area (Å²) in [5.41, 5.74) is 7.12. The smallest absolute Gasteiger partial charge is 0.248 e. The molecule has 1 heterocycles. The van der Waals surface area contributed by atoms with Crippen LogP contribution in [0.4, 0.5) is 0 Å². The van der Waals surface area contributed by atoms with Gasteiger partial charge in [-0.1, -0.05) is 36.4 Å². The quantitative estimate of drug-likeness (QED) is 0.644. The Kier molecular flexibility index (Phi) is 7.43. The third kappa shape index (κ3) is 4.56. The van der Waals surface area contributed by atoms with Crippen LogP contribution < -0.4 is 5.73 Å². The Morgan fingerprint density at radius 2 is 2.10 bits per heavy atom. The summed E-state index contributed by atoms with van der Waals surface area (Å²) in [6.07, 6.45) is 1.65. The number of carbonyl (C=O) groups excluding carboxylic acids is 1. The van der Waals surface area contributed by atoms with Gasteiger partial charge in [-0.2, -0.15) is 0 Å². The van der Waals surface area contributed by atoms with E-state index in [1.165, 1.54) is 5.56 Å². The van der Waals surface area contributed by atoms with E-state index in [0.717, 1.165) is 6.54 Å². The summed E-state index contributed by atoms with van der Waals surface area (Å²) >= 11 is 0. The Morgan fingerprint density at radius 3 is 2.71 bits per heavy atom. The third-order valence-electron chi connectivity index (χ3n) is 3.79. The van der Waals surface area contributed by atoms with Gasteiger partial charge in [-0.25, -0.2) is 0 Å². The Bertz CT molecular complexity index is 453. The van der Waals surface area contributed by atoms with E-state index in [0.29, 0.717) is 31.5 Å². The lowest BCUT2D eigenvalue weighted by molar-refractivity contribution is -0.134. The molecule has 0 spiro atoms. The summed E-state index contributed by atoms with van der Waals surface area (Å²) < 4.78 is 5.23. The second kappa shape index (κ2) is 8.82. The standard InChI is InChI=1S/C16H22N2O2.ClH/c1-2-8-20-12-16(19)18-10-14(9-17)15(11-18)13-6-4-3-5-7-13;/h2-7,14-15H,1,8-12,17H2;1H/t14-,15+;/m1./s1. The molecule has 2 atom stereocenters. The number of likely N-dealkylation sites (tertiary alicyclic amines) is 1. The third-order valence-corrected chi connectivity index (χ3v) is 3.79. The van der Waals surface area contributed by atoms with E-state index in [2.05, 4.69) is 18.7 Å². The predicted molar refractivity (Wildman–Crippen MR) is 86.6 cm³/mol. The largest absolute Gasteiger partial charge is 0.368 e. The highest BCUT2D eigenvalue weighted by molar-refractivity contribution is 5.85. The fraction of sp³-hybridized carbons (Fsp3) is 0.438. The number of hydrogen-bond acceptors (Lipinski definition) is 3. The maximum atomic E-state index is 12.1. The van der Waals surface area contributed by atoms with Gasteiger partial charge in [-0.15, -0.1) is 19.0 Å². The van der Waals surface area contributed by atoms with E-state index in [1.807, 2.05) is 23.1 Å². The van der Waals surface area contributed by atoms with Crippen molar-refractivity contribution in [3.05, 3.63) is 48.6 Å². The average molecular weight is 311 g/mol.